The number of hydrogen-bond donors (Lipinski definition) is 1. The lowest BCUT2D eigenvalue weighted by molar-refractivity contribution is 0.514. The van der Waals surface area contributed by atoms with Gasteiger partial charge in [0.2, 0.25) is 0 Å². The zero-order valence-corrected chi connectivity index (χ0v) is 13.4. The van der Waals surface area contributed by atoms with Gasteiger partial charge in [-0.2, -0.15) is 0 Å². The number of aromatic amines is 1. The fraction of sp³-hybridized carbons (Fsp3) is 0.235. The summed E-state index contributed by atoms with van der Waals surface area (Å²) < 4.78 is 2.94. The first-order valence-electron chi connectivity index (χ1n) is 7.09. The Hall–Kier alpha value is -1.58. The second kappa shape index (κ2) is 6.04. The standard InChI is InChI=1S/C17H17ClN2S/c1-12(7-8-13-5-3-2-4-6-13)20-16-10-9-14(18)11-15(16)19-17(20)21/h2-6,9-12H,7-8H2,1H3,(H,19,21)/t12-/m1/s1. The summed E-state index contributed by atoms with van der Waals surface area (Å²) >= 11 is 11.5. The van der Waals surface area contributed by atoms with Crippen LogP contribution in [-0.2, 0) is 6.42 Å². The van der Waals surface area contributed by atoms with Gasteiger partial charge in [0.1, 0.15) is 0 Å². The van der Waals surface area contributed by atoms with Crippen LogP contribution in [-0.4, -0.2) is 9.55 Å². The summed E-state index contributed by atoms with van der Waals surface area (Å²) in [7, 11) is 0. The topological polar surface area (TPSA) is 20.7 Å². The van der Waals surface area contributed by atoms with E-state index in [1.165, 1.54) is 5.56 Å². The predicted octanol–water partition coefficient (Wildman–Crippen LogP) is 5.55. The average Bonchev–Trinajstić information content (AvgIpc) is 2.81. The molecule has 0 aliphatic rings. The zero-order chi connectivity index (χ0) is 14.8. The molecule has 108 valence electrons. The normalized spacial score (nSPS) is 12.7. The van der Waals surface area contributed by atoms with E-state index in [9.17, 15) is 0 Å². The summed E-state index contributed by atoms with van der Waals surface area (Å²) in [6.45, 7) is 2.21. The number of nitrogens with zero attached hydrogens (tertiary/aromatic N) is 1. The number of fused-ring (bicyclic) bond motifs is 1. The highest BCUT2D eigenvalue weighted by Gasteiger charge is 2.11. The van der Waals surface area contributed by atoms with Crippen LogP contribution in [0.1, 0.15) is 24.9 Å². The molecular formula is C17H17ClN2S. The van der Waals surface area contributed by atoms with E-state index >= 15 is 0 Å². The monoisotopic (exact) mass is 316 g/mol. The molecule has 0 saturated heterocycles. The maximum atomic E-state index is 6.04. The van der Waals surface area contributed by atoms with Crippen molar-refractivity contribution in [2.24, 2.45) is 0 Å². The molecule has 0 unspecified atom stereocenters. The van der Waals surface area contributed by atoms with Crippen LogP contribution in [0.5, 0.6) is 0 Å². The lowest BCUT2D eigenvalue weighted by atomic mass is 10.1. The molecule has 0 aliphatic heterocycles. The highest BCUT2D eigenvalue weighted by Crippen LogP contribution is 2.24. The van der Waals surface area contributed by atoms with Crippen LogP contribution in [0, 0.1) is 4.77 Å². The third-order valence-electron chi connectivity index (χ3n) is 3.81. The second-order valence-electron chi connectivity index (χ2n) is 5.33. The second-order valence-corrected chi connectivity index (χ2v) is 6.16. The minimum absolute atomic E-state index is 0.340. The summed E-state index contributed by atoms with van der Waals surface area (Å²) in [6, 6.07) is 16.8. The Kier molecular flexibility index (Phi) is 4.13. The fourth-order valence-corrected chi connectivity index (χ4v) is 3.25. The number of halogens is 1. The van der Waals surface area contributed by atoms with Crippen LogP contribution in [0.2, 0.25) is 5.02 Å². The van der Waals surface area contributed by atoms with E-state index in [1.54, 1.807) is 0 Å². The number of H-pyrrole nitrogens is 1. The van der Waals surface area contributed by atoms with Gasteiger partial charge in [0, 0.05) is 11.1 Å². The van der Waals surface area contributed by atoms with Gasteiger partial charge in [-0.15, -0.1) is 0 Å². The minimum atomic E-state index is 0.340. The molecule has 3 aromatic rings. The van der Waals surface area contributed by atoms with E-state index in [0.29, 0.717) is 6.04 Å². The van der Waals surface area contributed by atoms with Crippen molar-refractivity contribution in [1.29, 1.82) is 0 Å². The Balaban J connectivity index is 1.86. The van der Waals surface area contributed by atoms with Crippen LogP contribution >= 0.6 is 23.8 Å². The number of hydrogen-bond acceptors (Lipinski definition) is 1. The van der Waals surface area contributed by atoms with Gasteiger partial charge in [0.15, 0.2) is 4.77 Å². The largest absolute Gasteiger partial charge is 0.331 e. The van der Waals surface area contributed by atoms with Gasteiger partial charge in [-0.3, -0.25) is 0 Å². The summed E-state index contributed by atoms with van der Waals surface area (Å²) in [5.41, 5.74) is 3.47. The first-order valence-corrected chi connectivity index (χ1v) is 7.87. The Labute approximate surface area is 134 Å². The molecule has 1 heterocycles. The van der Waals surface area contributed by atoms with Crippen molar-refractivity contribution in [2.45, 2.75) is 25.8 Å². The highest BCUT2D eigenvalue weighted by atomic mass is 35.5. The quantitative estimate of drug-likeness (QED) is 0.626. The van der Waals surface area contributed by atoms with Gasteiger partial charge in [0.25, 0.3) is 0 Å². The third-order valence-corrected chi connectivity index (χ3v) is 4.35. The molecule has 0 bridgehead atoms. The van der Waals surface area contributed by atoms with Crippen LogP contribution in [0.25, 0.3) is 11.0 Å². The average molecular weight is 317 g/mol. The lowest BCUT2D eigenvalue weighted by Crippen LogP contribution is -2.06. The van der Waals surface area contributed by atoms with Crippen molar-refractivity contribution in [1.82, 2.24) is 9.55 Å². The van der Waals surface area contributed by atoms with Crippen molar-refractivity contribution < 1.29 is 0 Å². The van der Waals surface area contributed by atoms with E-state index in [1.807, 2.05) is 24.3 Å². The molecule has 4 heteroatoms. The fourth-order valence-electron chi connectivity index (χ4n) is 2.69. The molecule has 2 nitrogen and oxygen atoms in total. The lowest BCUT2D eigenvalue weighted by Gasteiger charge is -2.14. The Morgan fingerprint density at radius 2 is 1.95 bits per heavy atom. The maximum absolute atomic E-state index is 6.04. The van der Waals surface area contributed by atoms with E-state index in [0.717, 1.165) is 33.7 Å². The van der Waals surface area contributed by atoms with E-state index in [-0.39, 0.29) is 0 Å². The molecule has 0 spiro atoms. The Morgan fingerprint density at radius 1 is 1.19 bits per heavy atom. The highest BCUT2D eigenvalue weighted by molar-refractivity contribution is 7.71. The Bertz CT molecular complexity index is 805. The first kappa shape index (κ1) is 14.4. The van der Waals surface area contributed by atoms with E-state index < -0.39 is 0 Å². The molecular weight excluding hydrogens is 300 g/mol. The smallest absolute Gasteiger partial charge is 0.178 e. The van der Waals surface area contributed by atoms with Gasteiger partial charge in [0.05, 0.1) is 11.0 Å². The molecule has 0 amide bonds. The van der Waals surface area contributed by atoms with Gasteiger partial charge in [-0.05, 0) is 55.7 Å². The molecule has 2 aromatic carbocycles. The van der Waals surface area contributed by atoms with Gasteiger partial charge >= 0.3 is 0 Å². The van der Waals surface area contributed by atoms with Crippen LogP contribution < -0.4 is 0 Å². The first-order chi connectivity index (χ1) is 10.1. The van der Waals surface area contributed by atoms with Crippen molar-refractivity contribution in [3.8, 4) is 0 Å². The molecule has 3 rings (SSSR count). The number of aromatic nitrogens is 2. The summed E-state index contributed by atoms with van der Waals surface area (Å²) in [5, 5.41) is 0.725. The van der Waals surface area contributed by atoms with Crippen LogP contribution in [0.4, 0.5) is 0 Å². The molecule has 0 saturated carbocycles. The SMILES string of the molecule is C[C@H](CCc1ccccc1)n1c(=S)[nH]c2cc(Cl)ccc21. The molecule has 21 heavy (non-hydrogen) atoms. The summed E-state index contributed by atoms with van der Waals surface area (Å²) in [5.74, 6) is 0. The number of imidazole rings is 1. The van der Waals surface area contributed by atoms with Crippen molar-refractivity contribution in [2.75, 3.05) is 0 Å². The maximum Gasteiger partial charge on any atom is 0.178 e. The molecule has 0 radical (unpaired) electrons. The summed E-state index contributed by atoms with van der Waals surface area (Å²) in [4.78, 5) is 3.24. The molecule has 0 fully saturated rings. The third kappa shape index (κ3) is 3.04. The molecule has 1 aromatic heterocycles. The molecule has 1 N–H and O–H groups in total. The summed E-state index contributed by atoms with van der Waals surface area (Å²) in [6.07, 6.45) is 2.10. The van der Waals surface area contributed by atoms with Crippen molar-refractivity contribution in [3.05, 3.63) is 63.9 Å². The number of nitrogens with one attached hydrogen (secondary N) is 1. The molecule has 1 atom stereocenters. The Morgan fingerprint density at radius 3 is 2.71 bits per heavy atom. The van der Waals surface area contributed by atoms with Crippen LogP contribution in [0.3, 0.4) is 0 Å². The van der Waals surface area contributed by atoms with Gasteiger partial charge in [-0.1, -0.05) is 41.9 Å². The zero-order valence-electron chi connectivity index (χ0n) is 11.8. The van der Waals surface area contributed by atoms with Gasteiger partial charge in [-0.25, -0.2) is 0 Å². The van der Waals surface area contributed by atoms with Crippen LogP contribution in [0.15, 0.2) is 48.5 Å². The molecule has 0 aliphatic carbocycles. The predicted molar refractivity (Wildman–Crippen MR) is 91.6 cm³/mol. The minimum Gasteiger partial charge on any atom is -0.331 e. The van der Waals surface area contributed by atoms with Crippen molar-refractivity contribution in [3.63, 3.8) is 0 Å². The van der Waals surface area contributed by atoms with E-state index in [4.69, 9.17) is 23.8 Å². The van der Waals surface area contributed by atoms with Crippen molar-refractivity contribution >= 4 is 34.9 Å². The number of rotatable bonds is 4. The number of benzene rings is 2. The number of aryl methyl sites for hydroxylation is 1. The van der Waals surface area contributed by atoms with Gasteiger partial charge < -0.3 is 9.55 Å². The van der Waals surface area contributed by atoms with E-state index in [2.05, 4.69) is 40.7 Å².